The van der Waals surface area contributed by atoms with E-state index in [0.29, 0.717) is 0 Å². The minimum Gasteiger partial charge on any atom is -0.497 e. The van der Waals surface area contributed by atoms with Gasteiger partial charge in [0.2, 0.25) is 0 Å². The van der Waals surface area contributed by atoms with E-state index >= 15 is 0 Å². The lowest BCUT2D eigenvalue weighted by atomic mass is 9.98. The average molecular weight is 318 g/mol. The van der Waals surface area contributed by atoms with Crippen LogP contribution < -0.4 is 4.74 Å². The summed E-state index contributed by atoms with van der Waals surface area (Å²) in [5.74, 6) is 1.77. The summed E-state index contributed by atoms with van der Waals surface area (Å²) in [4.78, 5) is 4.80. The van der Waals surface area contributed by atoms with E-state index in [0.717, 1.165) is 57.4 Å². The Morgan fingerprint density at radius 3 is 2.61 bits per heavy atom. The van der Waals surface area contributed by atoms with E-state index in [1.807, 2.05) is 6.07 Å². The lowest BCUT2D eigenvalue weighted by molar-refractivity contribution is 0.0575. The zero-order valence-electron chi connectivity index (χ0n) is 14.5. The molecule has 23 heavy (non-hydrogen) atoms. The molecule has 0 aromatic heterocycles. The van der Waals surface area contributed by atoms with Gasteiger partial charge in [-0.1, -0.05) is 13.0 Å². The highest BCUT2D eigenvalue weighted by Gasteiger charge is 2.22. The molecule has 0 bridgehead atoms. The van der Waals surface area contributed by atoms with Gasteiger partial charge >= 0.3 is 0 Å². The summed E-state index contributed by atoms with van der Waals surface area (Å²) in [5.41, 5.74) is 2.76. The van der Waals surface area contributed by atoms with E-state index in [9.17, 15) is 5.11 Å². The van der Waals surface area contributed by atoms with Crippen molar-refractivity contribution in [2.45, 2.75) is 38.8 Å². The number of hydrogen-bond donors (Lipinski definition) is 1. The Morgan fingerprint density at radius 1 is 1.13 bits per heavy atom. The number of piperidine rings is 1. The van der Waals surface area contributed by atoms with Gasteiger partial charge in [0.25, 0.3) is 0 Å². The molecule has 0 aliphatic carbocycles. The summed E-state index contributed by atoms with van der Waals surface area (Å²) in [5, 5.41) is 10.5. The highest BCUT2D eigenvalue weighted by atomic mass is 16.5. The maximum Gasteiger partial charge on any atom is 0.119 e. The molecule has 2 heterocycles. The number of aliphatic hydroxyl groups excluding tert-OH is 1. The molecule has 0 radical (unpaired) electrons. The van der Waals surface area contributed by atoms with Gasteiger partial charge < -0.3 is 14.7 Å². The monoisotopic (exact) mass is 318 g/mol. The first-order chi connectivity index (χ1) is 11.1. The van der Waals surface area contributed by atoms with Crippen LogP contribution in [0.25, 0.3) is 0 Å². The minimum atomic E-state index is -0.254. The first kappa shape index (κ1) is 16.7. The van der Waals surface area contributed by atoms with Crippen molar-refractivity contribution < 1.29 is 9.84 Å². The Hall–Kier alpha value is -1.10. The molecular formula is C19H30N2O2. The number of hydrogen-bond acceptors (Lipinski definition) is 4. The van der Waals surface area contributed by atoms with Gasteiger partial charge in [0.05, 0.1) is 13.2 Å². The predicted octanol–water partition coefficient (Wildman–Crippen LogP) is 2.15. The van der Waals surface area contributed by atoms with Gasteiger partial charge in [0.15, 0.2) is 0 Å². The van der Waals surface area contributed by atoms with E-state index in [-0.39, 0.29) is 6.10 Å². The SMILES string of the molecule is COc1ccc2c(c1)CN(CC(O)CN1CCC(C)CC1)CC2. The van der Waals surface area contributed by atoms with Gasteiger partial charge in [-0.05, 0) is 61.5 Å². The minimum absolute atomic E-state index is 0.254. The van der Waals surface area contributed by atoms with Crippen LogP contribution in [0, 0.1) is 5.92 Å². The summed E-state index contributed by atoms with van der Waals surface area (Å²) in [6, 6.07) is 6.36. The standard InChI is InChI=1S/C19H30N2O2/c1-15-5-8-20(9-6-15)13-18(22)14-21-10-7-16-3-4-19(23-2)11-17(16)12-21/h3-4,11,15,18,22H,5-10,12-14H2,1-2H3. The van der Waals surface area contributed by atoms with E-state index in [2.05, 4.69) is 28.9 Å². The molecule has 0 amide bonds. The van der Waals surface area contributed by atoms with Gasteiger partial charge in [0, 0.05) is 26.2 Å². The number of likely N-dealkylation sites (tertiary alicyclic amines) is 1. The summed E-state index contributed by atoms with van der Waals surface area (Å²) in [6.45, 7) is 8.13. The molecule has 2 aliphatic rings. The second-order valence-corrected chi connectivity index (χ2v) is 7.26. The Morgan fingerprint density at radius 2 is 1.87 bits per heavy atom. The Balaban J connectivity index is 1.50. The van der Waals surface area contributed by atoms with Crippen LogP contribution in [-0.4, -0.2) is 60.8 Å². The molecular weight excluding hydrogens is 288 g/mol. The Labute approximate surface area is 140 Å². The van der Waals surface area contributed by atoms with Crippen LogP contribution in [0.3, 0.4) is 0 Å². The van der Waals surface area contributed by atoms with Crippen LogP contribution in [0.4, 0.5) is 0 Å². The molecule has 3 rings (SSSR count). The van der Waals surface area contributed by atoms with E-state index in [4.69, 9.17) is 4.74 Å². The Kier molecular flexibility index (Phi) is 5.57. The number of aliphatic hydroxyl groups is 1. The van der Waals surface area contributed by atoms with Crippen molar-refractivity contribution in [3.63, 3.8) is 0 Å². The fourth-order valence-electron chi connectivity index (χ4n) is 3.77. The normalized spacial score (nSPS) is 21.9. The maximum absolute atomic E-state index is 10.5. The molecule has 128 valence electrons. The summed E-state index contributed by atoms with van der Waals surface area (Å²) in [6.07, 6.45) is 3.34. The molecule has 2 aliphatic heterocycles. The molecule has 0 spiro atoms. The number of fused-ring (bicyclic) bond motifs is 1. The molecule has 4 heteroatoms. The lowest BCUT2D eigenvalue weighted by Gasteiger charge is -2.34. The van der Waals surface area contributed by atoms with Crippen LogP contribution in [0.15, 0.2) is 18.2 Å². The summed E-state index contributed by atoms with van der Waals surface area (Å²) >= 11 is 0. The van der Waals surface area contributed by atoms with Crippen molar-refractivity contribution in [1.82, 2.24) is 9.80 Å². The molecule has 1 fully saturated rings. The first-order valence-electron chi connectivity index (χ1n) is 8.92. The van der Waals surface area contributed by atoms with Gasteiger partial charge in [0.1, 0.15) is 5.75 Å². The van der Waals surface area contributed by atoms with Crippen LogP contribution in [-0.2, 0) is 13.0 Å². The quantitative estimate of drug-likeness (QED) is 0.902. The molecule has 1 aromatic rings. The van der Waals surface area contributed by atoms with Crippen LogP contribution in [0.2, 0.25) is 0 Å². The summed E-state index contributed by atoms with van der Waals surface area (Å²) in [7, 11) is 1.71. The van der Waals surface area contributed by atoms with E-state index in [1.165, 1.54) is 24.0 Å². The van der Waals surface area contributed by atoms with Crippen molar-refractivity contribution in [2.75, 3.05) is 39.8 Å². The molecule has 4 nitrogen and oxygen atoms in total. The Bertz CT molecular complexity index is 512. The molecule has 1 unspecified atom stereocenters. The predicted molar refractivity (Wildman–Crippen MR) is 92.8 cm³/mol. The highest BCUT2D eigenvalue weighted by Crippen LogP contribution is 2.24. The average Bonchev–Trinajstić information content (AvgIpc) is 2.56. The van der Waals surface area contributed by atoms with Crippen LogP contribution in [0.1, 0.15) is 30.9 Å². The van der Waals surface area contributed by atoms with Crippen LogP contribution >= 0.6 is 0 Å². The molecule has 1 aromatic carbocycles. The third kappa shape index (κ3) is 4.46. The number of ether oxygens (including phenoxy) is 1. The van der Waals surface area contributed by atoms with Crippen molar-refractivity contribution in [3.8, 4) is 5.75 Å². The van der Waals surface area contributed by atoms with Crippen molar-refractivity contribution >= 4 is 0 Å². The van der Waals surface area contributed by atoms with Crippen molar-refractivity contribution in [2.24, 2.45) is 5.92 Å². The van der Waals surface area contributed by atoms with Gasteiger partial charge in [-0.15, -0.1) is 0 Å². The summed E-state index contributed by atoms with van der Waals surface area (Å²) < 4.78 is 5.33. The number of nitrogens with zero attached hydrogens (tertiary/aromatic N) is 2. The van der Waals surface area contributed by atoms with Crippen molar-refractivity contribution in [3.05, 3.63) is 29.3 Å². The number of rotatable bonds is 5. The van der Waals surface area contributed by atoms with E-state index in [1.54, 1.807) is 7.11 Å². The lowest BCUT2D eigenvalue weighted by Crippen LogP contribution is -2.44. The third-order valence-electron chi connectivity index (χ3n) is 5.32. The molecule has 1 saturated heterocycles. The number of benzene rings is 1. The number of β-amino-alcohol motifs (C(OH)–C–C–N with tert-alkyl or cyclic N) is 1. The second kappa shape index (κ2) is 7.65. The molecule has 1 N–H and O–H groups in total. The fraction of sp³-hybridized carbons (Fsp3) is 0.684. The maximum atomic E-state index is 10.5. The van der Waals surface area contributed by atoms with Gasteiger partial charge in [-0.3, -0.25) is 4.90 Å². The zero-order valence-corrected chi connectivity index (χ0v) is 14.5. The van der Waals surface area contributed by atoms with Gasteiger partial charge in [-0.2, -0.15) is 0 Å². The zero-order chi connectivity index (χ0) is 16.2. The second-order valence-electron chi connectivity index (χ2n) is 7.26. The highest BCUT2D eigenvalue weighted by molar-refractivity contribution is 5.37. The fourth-order valence-corrected chi connectivity index (χ4v) is 3.77. The molecule has 1 atom stereocenters. The largest absolute Gasteiger partial charge is 0.497 e. The third-order valence-corrected chi connectivity index (χ3v) is 5.32. The van der Waals surface area contributed by atoms with Crippen molar-refractivity contribution in [1.29, 1.82) is 0 Å². The number of methoxy groups -OCH3 is 1. The smallest absolute Gasteiger partial charge is 0.119 e. The first-order valence-corrected chi connectivity index (χ1v) is 8.92. The molecule has 0 saturated carbocycles. The topological polar surface area (TPSA) is 35.9 Å². The van der Waals surface area contributed by atoms with E-state index < -0.39 is 0 Å². The van der Waals surface area contributed by atoms with Gasteiger partial charge in [-0.25, -0.2) is 0 Å². The van der Waals surface area contributed by atoms with Crippen LogP contribution in [0.5, 0.6) is 5.75 Å².